The third-order valence-electron chi connectivity index (χ3n) is 4.89. The van der Waals surface area contributed by atoms with Crippen LogP contribution < -0.4 is 15.8 Å². The molecule has 0 aliphatic heterocycles. The molecule has 2 N–H and O–H groups in total. The van der Waals surface area contributed by atoms with Crippen molar-refractivity contribution in [2.75, 3.05) is 10.3 Å². The van der Waals surface area contributed by atoms with Gasteiger partial charge in [0.15, 0.2) is 0 Å². The summed E-state index contributed by atoms with van der Waals surface area (Å²) in [5.74, 6) is -1.51. The van der Waals surface area contributed by atoms with E-state index in [0.717, 1.165) is 5.01 Å². The minimum absolute atomic E-state index is 0.0769. The minimum Gasteiger partial charge on any atom is -0.345 e. The maximum Gasteiger partial charge on any atom is 0.274 e. The Bertz CT molecular complexity index is 1200. The number of hydrogen-bond acceptors (Lipinski definition) is 5. The molecule has 0 spiro atoms. The van der Waals surface area contributed by atoms with Crippen molar-refractivity contribution in [1.29, 1.82) is 0 Å². The van der Waals surface area contributed by atoms with Gasteiger partial charge in [-0.25, -0.2) is 5.01 Å². The molecule has 0 fully saturated rings. The number of hydrogen-bond donors (Lipinski definition) is 2. The molecule has 3 amide bonds. The molecule has 0 aliphatic rings. The Hall–Kier alpha value is -4.53. The summed E-state index contributed by atoms with van der Waals surface area (Å²) in [6, 6.07) is 13.8. The monoisotopic (exact) mass is 446 g/mol. The number of rotatable bonds is 7. The van der Waals surface area contributed by atoms with Gasteiger partial charge in [0, 0.05) is 42.0 Å². The first kappa shape index (κ1) is 23.1. The smallest absolute Gasteiger partial charge is 0.274 e. The zero-order valence-electron chi connectivity index (χ0n) is 18.1. The molecule has 0 atom stereocenters. The lowest BCUT2D eigenvalue weighted by Gasteiger charge is -2.23. The van der Waals surface area contributed by atoms with E-state index in [4.69, 9.17) is 0 Å². The molecule has 0 radical (unpaired) electrons. The van der Waals surface area contributed by atoms with Crippen molar-refractivity contribution < 1.29 is 24.0 Å². The van der Waals surface area contributed by atoms with Crippen molar-refractivity contribution in [2.24, 2.45) is 7.05 Å². The van der Waals surface area contributed by atoms with Gasteiger partial charge in [0.25, 0.3) is 11.8 Å². The van der Waals surface area contributed by atoms with Gasteiger partial charge in [0.1, 0.15) is 18.3 Å². The van der Waals surface area contributed by atoms with Crippen molar-refractivity contribution >= 4 is 41.7 Å². The third-order valence-corrected chi connectivity index (χ3v) is 4.89. The van der Waals surface area contributed by atoms with E-state index in [1.165, 1.54) is 28.8 Å². The first-order valence-electron chi connectivity index (χ1n) is 10.1. The normalized spacial score (nSPS) is 10.2. The average molecular weight is 446 g/mol. The van der Waals surface area contributed by atoms with Gasteiger partial charge in [-0.1, -0.05) is 19.1 Å². The van der Waals surface area contributed by atoms with Gasteiger partial charge in [-0.2, -0.15) is 0 Å². The number of nitrogens with zero attached hydrogens (tertiary/aromatic N) is 2. The molecule has 1 aromatic heterocycles. The van der Waals surface area contributed by atoms with E-state index in [-0.39, 0.29) is 23.4 Å². The predicted octanol–water partition coefficient (Wildman–Crippen LogP) is 2.99. The van der Waals surface area contributed by atoms with Crippen LogP contribution in [0.5, 0.6) is 0 Å². The van der Waals surface area contributed by atoms with Crippen molar-refractivity contribution in [1.82, 2.24) is 9.99 Å². The number of aldehydes is 2. The highest BCUT2D eigenvalue weighted by Gasteiger charge is 2.26. The lowest BCUT2D eigenvalue weighted by molar-refractivity contribution is -0.118. The average Bonchev–Trinajstić information content (AvgIpc) is 3.23. The van der Waals surface area contributed by atoms with Gasteiger partial charge in [-0.05, 0) is 42.5 Å². The van der Waals surface area contributed by atoms with Gasteiger partial charge in [-0.3, -0.25) is 29.4 Å². The molecular weight excluding hydrogens is 424 g/mol. The van der Waals surface area contributed by atoms with Crippen LogP contribution in [0.15, 0.2) is 60.8 Å². The number of aromatic nitrogens is 1. The molecule has 9 nitrogen and oxygen atoms in total. The Kier molecular flexibility index (Phi) is 7.14. The topological polar surface area (TPSA) is 118 Å². The van der Waals surface area contributed by atoms with Crippen LogP contribution in [0.4, 0.5) is 11.4 Å². The van der Waals surface area contributed by atoms with Crippen molar-refractivity contribution in [3.63, 3.8) is 0 Å². The molecule has 0 saturated heterocycles. The number of benzene rings is 2. The van der Waals surface area contributed by atoms with Crippen molar-refractivity contribution in [2.45, 2.75) is 13.3 Å². The summed E-state index contributed by atoms with van der Waals surface area (Å²) in [4.78, 5) is 60.1. The molecule has 0 saturated carbocycles. The number of carbonyl (C=O) groups excluding carboxylic acids is 5. The fourth-order valence-electron chi connectivity index (χ4n) is 3.10. The van der Waals surface area contributed by atoms with Crippen molar-refractivity contribution in [3.05, 3.63) is 83.2 Å². The lowest BCUT2D eigenvalue weighted by Crippen LogP contribution is -2.47. The van der Waals surface area contributed by atoms with Crippen LogP contribution in [0, 0.1) is 0 Å². The standard InChI is InChI=1S/C24H22N4O5/c1-3-21(31)28(26-23(32)18-8-4-16(14-29)5-9-18)20-12-13-27(2)22(20)24(33)25-19-10-6-17(15-30)7-11-19/h4-15H,3H2,1-2H3,(H,25,33)(H,26,32). The summed E-state index contributed by atoms with van der Waals surface area (Å²) in [5.41, 5.74) is 4.48. The van der Waals surface area contributed by atoms with Crippen LogP contribution >= 0.6 is 0 Å². The van der Waals surface area contributed by atoms with E-state index in [2.05, 4.69) is 10.7 Å². The van der Waals surface area contributed by atoms with E-state index >= 15 is 0 Å². The fraction of sp³-hybridized carbons (Fsp3) is 0.125. The summed E-state index contributed by atoms with van der Waals surface area (Å²) in [6.45, 7) is 1.64. The van der Waals surface area contributed by atoms with Crippen molar-refractivity contribution in [3.8, 4) is 0 Å². The second-order valence-corrected chi connectivity index (χ2v) is 7.12. The second-order valence-electron chi connectivity index (χ2n) is 7.12. The molecule has 3 rings (SSSR count). The van der Waals surface area contributed by atoms with Crippen LogP contribution in [0.2, 0.25) is 0 Å². The van der Waals surface area contributed by atoms with Crippen LogP contribution in [0.3, 0.4) is 0 Å². The molecule has 0 bridgehead atoms. The van der Waals surface area contributed by atoms with Gasteiger partial charge < -0.3 is 9.88 Å². The highest BCUT2D eigenvalue weighted by Crippen LogP contribution is 2.23. The van der Waals surface area contributed by atoms with Crippen LogP contribution in [0.25, 0.3) is 0 Å². The Morgan fingerprint density at radius 3 is 2.00 bits per heavy atom. The van der Waals surface area contributed by atoms with E-state index in [1.54, 1.807) is 50.5 Å². The number of carbonyl (C=O) groups is 5. The molecule has 0 unspecified atom stereocenters. The Balaban J connectivity index is 1.89. The molecule has 1 heterocycles. The lowest BCUT2D eigenvalue weighted by atomic mass is 10.1. The third kappa shape index (κ3) is 5.21. The first-order chi connectivity index (χ1) is 15.9. The molecule has 9 heteroatoms. The molecule has 33 heavy (non-hydrogen) atoms. The summed E-state index contributed by atoms with van der Waals surface area (Å²) in [6.07, 6.45) is 3.04. The summed E-state index contributed by atoms with van der Waals surface area (Å²) >= 11 is 0. The number of nitrogens with one attached hydrogen (secondary N) is 2. The molecule has 168 valence electrons. The van der Waals surface area contributed by atoms with E-state index in [9.17, 15) is 24.0 Å². The predicted molar refractivity (Wildman–Crippen MR) is 122 cm³/mol. The zero-order valence-corrected chi connectivity index (χ0v) is 18.1. The Labute approximate surface area is 190 Å². The van der Waals surface area contributed by atoms with Gasteiger partial charge in [-0.15, -0.1) is 0 Å². The summed E-state index contributed by atoms with van der Waals surface area (Å²) in [5, 5.41) is 3.77. The summed E-state index contributed by atoms with van der Waals surface area (Å²) in [7, 11) is 1.64. The number of amides is 3. The highest BCUT2D eigenvalue weighted by atomic mass is 16.2. The van der Waals surface area contributed by atoms with E-state index in [1.807, 2.05) is 0 Å². The highest BCUT2D eigenvalue weighted by molar-refractivity contribution is 6.11. The zero-order chi connectivity index (χ0) is 24.0. The molecule has 0 aliphatic carbocycles. The summed E-state index contributed by atoms with van der Waals surface area (Å²) < 4.78 is 1.53. The van der Waals surface area contributed by atoms with Crippen LogP contribution in [0.1, 0.15) is 54.9 Å². The van der Waals surface area contributed by atoms with E-state index in [0.29, 0.717) is 29.4 Å². The van der Waals surface area contributed by atoms with Gasteiger partial charge in [0.05, 0.1) is 5.69 Å². The van der Waals surface area contributed by atoms with Crippen LogP contribution in [-0.4, -0.2) is 34.9 Å². The first-order valence-corrected chi connectivity index (χ1v) is 10.1. The largest absolute Gasteiger partial charge is 0.345 e. The Morgan fingerprint density at radius 1 is 0.879 bits per heavy atom. The fourth-order valence-corrected chi connectivity index (χ4v) is 3.10. The molecule has 3 aromatic rings. The maximum atomic E-state index is 13.0. The molecular formula is C24H22N4O5. The Morgan fingerprint density at radius 2 is 1.45 bits per heavy atom. The van der Waals surface area contributed by atoms with Crippen LogP contribution in [-0.2, 0) is 11.8 Å². The quantitative estimate of drug-likeness (QED) is 0.427. The molecule has 2 aromatic carbocycles. The van der Waals surface area contributed by atoms with Gasteiger partial charge >= 0.3 is 0 Å². The number of anilines is 2. The maximum absolute atomic E-state index is 13.0. The SMILES string of the molecule is CCC(=O)N(NC(=O)c1ccc(C=O)cc1)c1ccn(C)c1C(=O)Nc1ccc(C=O)cc1. The van der Waals surface area contributed by atoms with E-state index < -0.39 is 17.7 Å². The minimum atomic E-state index is -0.575. The number of aryl methyl sites for hydroxylation is 1. The number of hydrazine groups is 1. The van der Waals surface area contributed by atoms with Gasteiger partial charge in [0.2, 0.25) is 5.91 Å². The second kappa shape index (κ2) is 10.2.